The molecule has 0 spiro atoms. The number of hydrogen-bond donors (Lipinski definition) is 2. The minimum absolute atomic E-state index is 0.223. The molecule has 15 heavy (non-hydrogen) atoms. The smallest absolute Gasteiger partial charge is 0.0524 e. The first-order valence-corrected chi connectivity index (χ1v) is 6.02. The Kier molecular flexibility index (Phi) is 5.29. The van der Waals surface area contributed by atoms with Crippen molar-refractivity contribution in [3.63, 3.8) is 0 Å². The molecule has 0 saturated carbocycles. The van der Waals surface area contributed by atoms with Crippen LogP contribution in [0.4, 0.5) is 0 Å². The summed E-state index contributed by atoms with van der Waals surface area (Å²) in [4.78, 5) is 0. The minimum atomic E-state index is -0.223. The molecule has 0 aliphatic rings. The van der Waals surface area contributed by atoms with Gasteiger partial charge in [0.05, 0.1) is 6.10 Å². The largest absolute Gasteiger partial charge is 0.393 e. The van der Waals surface area contributed by atoms with Gasteiger partial charge in [-0.1, -0.05) is 28.1 Å². The fourth-order valence-electron chi connectivity index (χ4n) is 1.33. The van der Waals surface area contributed by atoms with E-state index in [4.69, 9.17) is 5.11 Å². The van der Waals surface area contributed by atoms with E-state index in [9.17, 15) is 0 Å². The number of benzene rings is 1. The van der Waals surface area contributed by atoms with Crippen LogP contribution in [0.25, 0.3) is 0 Å². The van der Waals surface area contributed by atoms with Gasteiger partial charge in [-0.2, -0.15) is 0 Å². The second kappa shape index (κ2) is 6.26. The van der Waals surface area contributed by atoms with Crippen molar-refractivity contribution in [2.24, 2.45) is 0 Å². The minimum Gasteiger partial charge on any atom is -0.393 e. The van der Waals surface area contributed by atoms with E-state index in [0.717, 1.165) is 24.0 Å². The summed E-state index contributed by atoms with van der Waals surface area (Å²) in [7, 11) is 0. The Morgan fingerprint density at radius 2 is 2.20 bits per heavy atom. The van der Waals surface area contributed by atoms with Gasteiger partial charge >= 0.3 is 0 Å². The second-order valence-corrected chi connectivity index (χ2v) is 4.76. The first kappa shape index (κ1) is 12.7. The van der Waals surface area contributed by atoms with Gasteiger partial charge in [0.15, 0.2) is 0 Å². The Morgan fingerprint density at radius 1 is 1.47 bits per heavy atom. The Morgan fingerprint density at radius 3 is 2.80 bits per heavy atom. The maximum Gasteiger partial charge on any atom is 0.0524 e. The fourth-order valence-corrected chi connectivity index (χ4v) is 1.96. The number of aliphatic hydroxyl groups excluding tert-OH is 1. The molecule has 0 aromatic heterocycles. The van der Waals surface area contributed by atoms with E-state index in [-0.39, 0.29) is 6.10 Å². The van der Waals surface area contributed by atoms with Crippen LogP contribution in [-0.4, -0.2) is 17.8 Å². The topological polar surface area (TPSA) is 32.3 Å². The van der Waals surface area contributed by atoms with E-state index in [1.807, 2.05) is 6.92 Å². The van der Waals surface area contributed by atoms with E-state index >= 15 is 0 Å². The molecule has 2 N–H and O–H groups in total. The Bertz CT molecular complexity index is 312. The highest BCUT2D eigenvalue weighted by Gasteiger charge is 2.00. The summed E-state index contributed by atoms with van der Waals surface area (Å²) >= 11 is 3.54. The molecule has 0 unspecified atom stereocenters. The molecular weight excluding hydrogens is 254 g/mol. The summed E-state index contributed by atoms with van der Waals surface area (Å²) in [5, 5.41) is 12.4. The van der Waals surface area contributed by atoms with Gasteiger partial charge in [0, 0.05) is 11.0 Å². The van der Waals surface area contributed by atoms with Crippen LogP contribution in [0.5, 0.6) is 0 Å². The van der Waals surface area contributed by atoms with Gasteiger partial charge in [0.25, 0.3) is 0 Å². The maximum atomic E-state index is 9.09. The van der Waals surface area contributed by atoms with E-state index in [2.05, 4.69) is 46.4 Å². The summed E-state index contributed by atoms with van der Waals surface area (Å²) < 4.78 is 1.15. The molecule has 0 aliphatic carbocycles. The van der Waals surface area contributed by atoms with E-state index in [1.54, 1.807) is 0 Å². The van der Waals surface area contributed by atoms with Gasteiger partial charge in [0.2, 0.25) is 0 Å². The maximum absolute atomic E-state index is 9.09. The van der Waals surface area contributed by atoms with Crippen molar-refractivity contribution >= 4 is 15.9 Å². The summed E-state index contributed by atoms with van der Waals surface area (Å²) in [6, 6.07) is 6.34. The molecule has 2 nitrogen and oxygen atoms in total. The lowest BCUT2D eigenvalue weighted by molar-refractivity contribution is 0.183. The highest BCUT2D eigenvalue weighted by molar-refractivity contribution is 9.10. The van der Waals surface area contributed by atoms with E-state index in [0.29, 0.717) is 0 Å². The van der Waals surface area contributed by atoms with Gasteiger partial charge in [-0.05, 0) is 44.0 Å². The molecular formula is C12H18BrNO. The average Bonchev–Trinajstić information content (AvgIpc) is 2.14. The van der Waals surface area contributed by atoms with Gasteiger partial charge in [-0.3, -0.25) is 0 Å². The molecule has 0 bridgehead atoms. The van der Waals surface area contributed by atoms with Crippen molar-refractivity contribution < 1.29 is 5.11 Å². The lowest BCUT2D eigenvalue weighted by Gasteiger charge is -2.08. The van der Waals surface area contributed by atoms with Crippen LogP contribution in [0, 0.1) is 6.92 Å². The quantitative estimate of drug-likeness (QED) is 0.808. The third-order valence-electron chi connectivity index (χ3n) is 2.26. The van der Waals surface area contributed by atoms with Gasteiger partial charge in [-0.25, -0.2) is 0 Å². The van der Waals surface area contributed by atoms with E-state index < -0.39 is 0 Å². The summed E-state index contributed by atoms with van der Waals surface area (Å²) in [6.07, 6.45) is 0.572. The molecule has 1 atom stereocenters. The normalized spacial score (nSPS) is 12.8. The summed E-state index contributed by atoms with van der Waals surface area (Å²) in [5.41, 5.74) is 2.51. The molecule has 84 valence electrons. The van der Waals surface area contributed by atoms with Crippen LogP contribution in [0.15, 0.2) is 22.7 Å². The van der Waals surface area contributed by atoms with Crippen LogP contribution in [-0.2, 0) is 6.54 Å². The van der Waals surface area contributed by atoms with Crippen molar-refractivity contribution in [3.05, 3.63) is 33.8 Å². The SMILES string of the molecule is Cc1ccc(CNCC[C@H](C)O)c(Br)c1. The predicted molar refractivity (Wildman–Crippen MR) is 66.9 cm³/mol. The first-order chi connectivity index (χ1) is 7.09. The summed E-state index contributed by atoms with van der Waals surface area (Å²) in [6.45, 7) is 5.57. The van der Waals surface area contributed by atoms with Crippen molar-refractivity contribution in [2.75, 3.05) is 6.54 Å². The molecule has 3 heteroatoms. The number of hydrogen-bond acceptors (Lipinski definition) is 2. The Labute approximate surface area is 99.8 Å². The van der Waals surface area contributed by atoms with Crippen LogP contribution in [0.1, 0.15) is 24.5 Å². The zero-order valence-corrected chi connectivity index (χ0v) is 10.8. The number of halogens is 1. The molecule has 0 fully saturated rings. The Hall–Kier alpha value is -0.380. The van der Waals surface area contributed by atoms with Crippen molar-refractivity contribution in [1.82, 2.24) is 5.32 Å². The number of rotatable bonds is 5. The monoisotopic (exact) mass is 271 g/mol. The molecule has 0 radical (unpaired) electrons. The summed E-state index contributed by atoms with van der Waals surface area (Å²) in [5.74, 6) is 0. The Balaban J connectivity index is 2.37. The van der Waals surface area contributed by atoms with Crippen LogP contribution in [0.2, 0.25) is 0 Å². The fraction of sp³-hybridized carbons (Fsp3) is 0.500. The van der Waals surface area contributed by atoms with Crippen molar-refractivity contribution in [1.29, 1.82) is 0 Å². The zero-order valence-electron chi connectivity index (χ0n) is 9.26. The molecule has 0 amide bonds. The zero-order chi connectivity index (χ0) is 11.3. The third kappa shape index (κ3) is 4.78. The third-order valence-corrected chi connectivity index (χ3v) is 3.00. The predicted octanol–water partition coefficient (Wildman–Crippen LogP) is 2.62. The van der Waals surface area contributed by atoms with E-state index in [1.165, 1.54) is 11.1 Å². The van der Waals surface area contributed by atoms with Gasteiger partial charge in [-0.15, -0.1) is 0 Å². The second-order valence-electron chi connectivity index (χ2n) is 3.91. The van der Waals surface area contributed by atoms with Crippen LogP contribution in [0.3, 0.4) is 0 Å². The van der Waals surface area contributed by atoms with Gasteiger partial charge < -0.3 is 10.4 Å². The molecule has 0 aliphatic heterocycles. The standard InChI is InChI=1S/C12H18BrNO/c1-9-3-4-11(12(13)7-9)8-14-6-5-10(2)15/h3-4,7,10,14-15H,5-6,8H2,1-2H3/t10-/m0/s1. The molecule has 0 heterocycles. The highest BCUT2D eigenvalue weighted by atomic mass is 79.9. The number of aliphatic hydroxyl groups is 1. The lowest BCUT2D eigenvalue weighted by atomic mass is 10.1. The molecule has 1 aromatic rings. The molecule has 1 rings (SSSR count). The van der Waals surface area contributed by atoms with Crippen molar-refractivity contribution in [3.8, 4) is 0 Å². The highest BCUT2D eigenvalue weighted by Crippen LogP contribution is 2.17. The number of nitrogens with one attached hydrogen (secondary N) is 1. The van der Waals surface area contributed by atoms with Crippen LogP contribution >= 0.6 is 15.9 Å². The van der Waals surface area contributed by atoms with Gasteiger partial charge in [0.1, 0.15) is 0 Å². The lowest BCUT2D eigenvalue weighted by Crippen LogP contribution is -2.18. The van der Waals surface area contributed by atoms with Crippen LogP contribution < -0.4 is 5.32 Å². The number of aryl methyl sites for hydroxylation is 1. The average molecular weight is 272 g/mol. The van der Waals surface area contributed by atoms with Crippen molar-refractivity contribution in [2.45, 2.75) is 32.9 Å². The molecule has 1 aromatic carbocycles. The molecule has 0 saturated heterocycles. The first-order valence-electron chi connectivity index (χ1n) is 5.23.